The van der Waals surface area contributed by atoms with Gasteiger partial charge in [0.05, 0.1) is 18.1 Å². The highest BCUT2D eigenvalue weighted by atomic mass is 79.9. The molecule has 0 amide bonds. The van der Waals surface area contributed by atoms with Crippen LogP contribution in [0.5, 0.6) is 0 Å². The minimum absolute atomic E-state index is 0.0636. The second-order valence-corrected chi connectivity index (χ2v) is 4.54. The molecule has 0 spiro atoms. The van der Waals surface area contributed by atoms with E-state index < -0.39 is 18.6 Å². The van der Waals surface area contributed by atoms with Gasteiger partial charge in [-0.1, -0.05) is 15.9 Å². The lowest BCUT2D eigenvalue weighted by Crippen LogP contribution is -2.11. The predicted octanol–water partition coefficient (Wildman–Crippen LogP) is 2.90. The van der Waals surface area contributed by atoms with Gasteiger partial charge in [0.25, 0.3) is 0 Å². The molecule has 96 valence electrons. The average molecular weight is 323 g/mol. The Bertz CT molecular complexity index is 621. The van der Waals surface area contributed by atoms with Crippen LogP contribution in [0.2, 0.25) is 0 Å². The number of carboxylic acids is 1. The number of aromatic nitrogens is 2. The molecule has 0 radical (unpaired) electrons. The van der Waals surface area contributed by atoms with Crippen molar-refractivity contribution in [3.05, 3.63) is 34.1 Å². The predicted molar refractivity (Wildman–Crippen MR) is 59.6 cm³/mol. The highest BCUT2D eigenvalue weighted by Crippen LogP contribution is 2.26. The number of carboxylic acid groups (broad SMARTS) is 1. The molecule has 0 aliphatic carbocycles. The Morgan fingerprint density at radius 3 is 2.67 bits per heavy atom. The Morgan fingerprint density at radius 1 is 1.44 bits per heavy atom. The molecule has 0 saturated carbocycles. The number of nitrogens with zero attached hydrogens (tertiary/aromatic N) is 2. The van der Waals surface area contributed by atoms with Crippen LogP contribution in [-0.2, 0) is 6.42 Å². The van der Waals surface area contributed by atoms with Gasteiger partial charge < -0.3 is 5.11 Å². The summed E-state index contributed by atoms with van der Waals surface area (Å²) in [7, 11) is 0. The van der Waals surface area contributed by atoms with Crippen LogP contribution in [0.15, 0.2) is 22.8 Å². The summed E-state index contributed by atoms with van der Waals surface area (Å²) in [5.41, 5.74) is -0.141. The van der Waals surface area contributed by atoms with Gasteiger partial charge >= 0.3 is 12.1 Å². The lowest BCUT2D eigenvalue weighted by molar-refractivity contribution is -0.127. The molecule has 2 heterocycles. The highest BCUT2D eigenvalue weighted by molar-refractivity contribution is 9.10. The van der Waals surface area contributed by atoms with Crippen molar-refractivity contribution in [2.24, 2.45) is 0 Å². The van der Waals surface area contributed by atoms with Crippen molar-refractivity contribution in [1.82, 2.24) is 9.61 Å². The molecule has 18 heavy (non-hydrogen) atoms. The molecule has 0 aromatic carbocycles. The third-order valence-corrected chi connectivity index (χ3v) is 2.73. The van der Waals surface area contributed by atoms with E-state index in [-0.39, 0.29) is 16.8 Å². The van der Waals surface area contributed by atoms with Crippen LogP contribution in [0.25, 0.3) is 5.52 Å². The normalized spacial score (nSPS) is 12.0. The van der Waals surface area contributed by atoms with E-state index in [1.807, 2.05) is 0 Å². The lowest BCUT2D eigenvalue weighted by atomic mass is 10.2. The zero-order chi connectivity index (χ0) is 13.5. The first kappa shape index (κ1) is 12.9. The average Bonchev–Trinajstić information content (AvgIpc) is 2.58. The van der Waals surface area contributed by atoms with Crippen LogP contribution in [0.1, 0.15) is 16.1 Å². The van der Waals surface area contributed by atoms with Gasteiger partial charge in [0.1, 0.15) is 0 Å². The van der Waals surface area contributed by atoms with E-state index in [4.69, 9.17) is 5.11 Å². The molecule has 0 saturated heterocycles. The van der Waals surface area contributed by atoms with Gasteiger partial charge in [0, 0.05) is 10.0 Å². The second kappa shape index (κ2) is 4.27. The monoisotopic (exact) mass is 322 g/mol. The Balaban J connectivity index is 2.63. The molecule has 8 heteroatoms. The third kappa shape index (κ3) is 2.47. The SMILES string of the molecule is O=C(O)c1cc(Br)cc2c(CC(F)(F)F)cnn12. The van der Waals surface area contributed by atoms with Gasteiger partial charge in [-0.15, -0.1) is 0 Å². The Hall–Kier alpha value is -1.57. The van der Waals surface area contributed by atoms with Crippen molar-refractivity contribution in [3.63, 3.8) is 0 Å². The van der Waals surface area contributed by atoms with Crippen LogP contribution < -0.4 is 0 Å². The number of hydrogen-bond acceptors (Lipinski definition) is 2. The number of fused-ring (bicyclic) bond motifs is 1. The largest absolute Gasteiger partial charge is 0.477 e. The molecule has 4 nitrogen and oxygen atoms in total. The van der Waals surface area contributed by atoms with E-state index in [2.05, 4.69) is 21.0 Å². The number of hydrogen-bond donors (Lipinski definition) is 1. The summed E-state index contributed by atoms with van der Waals surface area (Å²) in [5, 5.41) is 12.6. The second-order valence-electron chi connectivity index (χ2n) is 3.62. The summed E-state index contributed by atoms with van der Waals surface area (Å²) < 4.78 is 38.4. The summed E-state index contributed by atoms with van der Waals surface area (Å²) in [6.07, 6.45) is -4.48. The molecule has 2 rings (SSSR count). The molecule has 2 aromatic rings. The van der Waals surface area contributed by atoms with Crippen molar-refractivity contribution in [2.75, 3.05) is 0 Å². The Kier molecular flexibility index (Phi) is 3.05. The molecule has 0 unspecified atom stereocenters. The maximum Gasteiger partial charge on any atom is 0.393 e. The molecule has 0 fully saturated rings. The van der Waals surface area contributed by atoms with E-state index in [9.17, 15) is 18.0 Å². The maximum atomic E-state index is 12.3. The molecule has 1 N–H and O–H groups in total. The number of alkyl halides is 3. The smallest absolute Gasteiger partial charge is 0.393 e. The fraction of sp³-hybridized carbons (Fsp3) is 0.200. The molecular weight excluding hydrogens is 317 g/mol. The van der Waals surface area contributed by atoms with Crippen molar-refractivity contribution in [1.29, 1.82) is 0 Å². The van der Waals surface area contributed by atoms with Crippen molar-refractivity contribution in [3.8, 4) is 0 Å². The van der Waals surface area contributed by atoms with Gasteiger partial charge in [0.15, 0.2) is 5.69 Å². The summed E-state index contributed by atoms with van der Waals surface area (Å²) >= 11 is 3.06. The van der Waals surface area contributed by atoms with Gasteiger partial charge in [-0.3, -0.25) is 0 Å². The van der Waals surface area contributed by atoms with Crippen molar-refractivity contribution in [2.45, 2.75) is 12.6 Å². The van der Waals surface area contributed by atoms with E-state index in [1.165, 1.54) is 12.1 Å². The molecular formula is C10H6BrF3N2O2. The standard InChI is InChI=1S/C10H6BrF3N2O2/c11-6-1-7-5(3-10(12,13)14)4-15-16(7)8(2-6)9(17)18/h1-2,4H,3H2,(H,17,18). The van der Waals surface area contributed by atoms with Gasteiger partial charge in [0.2, 0.25) is 0 Å². The van der Waals surface area contributed by atoms with Crippen LogP contribution in [0.3, 0.4) is 0 Å². The van der Waals surface area contributed by atoms with Crippen molar-refractivity contribution >= 4 is 27.4 Å². The van der Waals surface area contributed by atoms with Crippen LogP contribution in [0.4, 0.5) is 13.2 Å². The first-order valence-electron chi connectivity index (χ1n) is 4.74. The molecule has 0 aliphatic heterocycles. The topological polar surface area (TPSA) is 54.6 Å². The summed E-state index contributed by atoms with van der Waals surface area (Å²) in [6, 6.07) is 2.68. The van der Waals surface area contributed by atoms with E-state index in [0.29, 0.717) is 4.47 Å². The fourth-order valence-electron chi connectivity index (χ4n) is 1.61. The quantitative estimate of drug-likeness (QED) is 0.925. The van der Waals surface area contributed by atoms with Crippen LogP contribution in [0, 0.1) is 0 Å². The maximum absolute atomic E-state index is 12.3. The van der Waals surface area contributed by atoms with E-state index in [1.54, 1.807) is 0 Å². The Morgan fingerprint density at radius 2 is 2.11 bits per heavy atom. The van der Waals surface area contributed by atoms with Crippen LogP contribution in [-0.4, -0.2) is 26.9 Å². The van der Waals surface area contributed by atoms with Gasteiger partial charge in [-0.25, -0.2) is 9.31 Å². The third-order valence-electron chi connectivity index (χ3n) is 2.27. The number of pyridine rings is 1. The van der Waals surface area contributed by atoms with Crippen molar-refractivity contribution < 1.29 is 23.1 Å². The number of carbonyl (C=O) groups is 1. The molecule has 0 atom stereocenters. The molecule has 0 aliphatic rings. The molecule has 0 bridgehead atoms. The summed E-state index contributed by atoms with van der Waals surface area (Å²) in [5.74, 6) is -1.26. The van der Waals surface area contributed by atoms with E-state index in [0.717, 1.165) is 10.7 Å². The number of halogens is 4. The van der Waals surface area contributed by atoms with Gasteiger partial charge in [-0.2, -0.15) is 18.3 Å². The van der Waals surface area contributed by atoms with Gasteiger partial charge in [-0.05, 0) is 12.1 Å². The minimum atomic E-state index is -4.37. The Labute approximate surface area is 107 Å². The minimum Gasteiger partial charge on any atom is -0.477 e. The zero-order valence-electron chi connectivity index (χ0n) is 8.70. The van der Waals surface area contributed by atoms with Crippen LogP contribution >= 0.6 is 15.9 Å². The number of aromatic carboxylic acids is 1. The summed E-state index contributed by atoms with van der Waals surface area (Å²) in [6.45, 7) is 0. The first-order valence-corrected chi connectivity index (χ1v) is 5.53. The van der Waals surface area contributed by atoms with E-state index >= 15 is 0 Å². The number of rotatable bonds is 2. The highest BCUT2D eigenvalue weighted by Gasteiger charge is 2.29. The first-order chi connectivity index (χ1) is 8.28. The summed E-state index contributed by atoms with van der Waals surface area (Å²) in [4.78, 5) is 11.0. The lowest BCUT2D eigenvalue weighted by Gasteiger charge is -2.05. The zero-order valence-corrected chi connectivity index (χ0v) is 10.3. The molecule has 2 aromatic heterocycles. The fourth-order valence-corrected chi connectivity index (χ4v) is 2.04.